The second-order valence-corrected chi connectivity index (χ2v) is 7.44. The predicted octanol–water partition coefficient (Wildman–Crippen LogP) is 1.52. The van der Waals surface area contributed by atoms with Crippen molar-refractivity contribution >= 4 is 24.6 Å². The van der Waals surface area contributed by atoms with Gasteiger partial charge in [0.05, 0.1) is 23.7 Å². The summed E-state index contributed by atoms with van der Waals surface area (Å²) in [5.74, 6) is -0.265. The lowest BCUT2D eigenvalue weighted by molar-refractivity contribution is -0.481. The Balaban J connectivity index is 1.74. The molecule has 0 bridgehead atoms. The second-order valence-electron chi connectivity index (χ2n) is 7.44. The molecule has 0 saturated carbocycles. The van der Waals surface area contributed by atoms with Gasteiger partial charge in [0.25, 0.3) is 5.90 Å². The average Bonchev–Trinajstić information content (AvgIpc) is 3.10. The van der Waals surface area contributed by atoms with E-state index in [0.29, 0.717) is 43.9 Å². The van der Waals surface area contributed by atoms with Crippen LogP contribution in [0.25, 0.3) is 0 Å². The number of ether oxygens (including phenoxy) is 2. The Morgan fingerprint density at radius 2 is 1.93 bits per heavy atom. The maximum Gasteiger partial charge on any atom is 0.562 e. The van der Waals surface area contributed by atoms with Crippen molar-refractivity contribution in [2.24, 2.45) is 5.92 Å². The Morgan fingerprint density at radius 1 is 1.17 bits per heavy atom. The largest absolute Gasteiger partial charge is 0.655 e. The maximum atomic E-state index is 12.7. The lowest BCUT2D eigenvalue weighted by atomic mass is 9.64. The van der Waals surface area contributed by atoms with Gasteiger partial charge in [0.15, 0.2) is 0 Å². The zero-order valence-corrected chi connectivity index (χ0v) is 18.1. The summed E-state index contributed by atoms with van der Waals surface area (Å²) < 4.78 is 28.4. The van der Waals surface area contributed by atoms with Crippen LogP contribution in [-0.4, -0.2) is 43.9 Å². The molecule has 8 nitrogen and oxygen atoms in total. The topological polar surface area (TPSA) is 94.3 Å². The van der Waals surface area contributed by atoms with Crippen molar-refractivity contribution in [3.05, 3.63) is 29.3 Å². The molecular formula is C21H30BNO7. The number of rotatable bonds is 9. The summed E-state index contributed by atoms with van der Waals surface area (Å²) in [7, 11) is 0. The van der Waals surface area contributed by atoms with Gasteiger partial charge in [0.1, 0.15) is 5.94 Å². The fourth-order valence-electron chi connectivity index (χ4n) is 3.93. The molecule has 2 aliphatic rings. The Labute approximate surface area is 176 Å². The highest BCUT2D eigenvalue weighted by Crippen LogP contribution is 2.35. The van der Waals surface area contributed by atoms with Gasteiger partial charge < -0.3 is 23.4 Å². The molecule has 3 rings (SSSR count). The zero-order chi connectivity index (χ0) is 21.7. The van der Waals surface area contributed by atoms with E-state index < -0.39 is 19.5 Å². The molecule has 0 unspecified atom stereocenters. The van der Waals surface area contributed by atoms with Crippen LogP contribution in [-0.2, 0) is 30.0 Å². The van der Waals surface area contributed by atoms with Crippen LogP contribution in [0.5, 0.6) is 5.75 Å². The lowest BCUT2D eigenvalue weighted by Gasteiger charge is -2.42. The van der Waals surface area contributed by atoms with E-state index in [1.54, 1.807) is 12.1 Å². The number of fused-ring (bicyclic) bond motifs is 2. The maximum absolute atomic E-state index is 12.7. The molecule has 2 heterocycles. The molecule has 2 atom stereocenters. The first-order chi connectivity index (χ1) is 14.5. The van der Waals surface area contributed by atoms with E-state index >= 15 is 0 Å². The third kappa shape index (κ3) is 4.31. The molecule has 0 amide bonds. The number of esters is 2. The van der Waals surface area contributed by atoms with Crippen molar-refractivity contribution in [1.82, 2.24) is 0 Å². The highest BCUT2D eigenvalue weighted by molar-refractivity contribution is 6.65. The molecule has 0 aliphatic carbocycles. The zero-order valence-electron chi connectivity index (χ0n) is 18.1. The van der Waals surface area contributed by atoms with Gasteiger partial charge in [0.2, 0.25) is 6.79 Å². The number of nitrogens with one attached hydrogen (secondary N) is 1. The summed E-state index contributed by atoms with van der Waals surface area (Å²) in [5.41, 5.74) is 1.10. The van der Waals surface area contributed by atoms with Crippen LogP contribution < -0.4 is 9.65 Å². The van der Waals surface area contributed by atoms with E-state index in [2.05, 4.69) is 4.99 Å². The summed E-state index contributed by atoms with van der Waals surface area (Å²) in [6, 6.07) is 5.29. The van der Waals surface area contributed by atoms with Gasteiger partial charge in [-0.15, -0.1) is 0 Å². The van der Waals surface area contributed by atoms with E-state index in [1.807, 2.05) is 33.8 Å². The van der Waals surface area contributed by atoms with Crippen LogP contribution in [0, 0.1) is 5.92 Å². The van der Waals surface area contributed by atoms with E-state index in [0.717, 1.165) is 5.56 Å². The van der Waals surface area contributed by atoms with E-state index in [-0.39, 0.29) is 23.4 Å². The van der Waals surface area contributed by atoms with Crippen LogP contribution >= 0.6 is 0 Å². The summed E-state index contributed by atoms with van der Waals surface area (Å²) in [4.78, 5) is 28.0. The van der Waals surface area contributed by atoms with Gasteiger partial charge in [-0.25, -0.2) is 9.79 Å². The third-order valence-electron chi connectivity index (χ3n) is 5.61. The molecule has 0 aromatic heterocycles. The quantitative estimate of drug-likeness (QED) is 0.369. The summed E-state index contributed by atoms with van der Waals surface area (Å²) >= 11 is 0. The SMILES string of the molecule is CCO[B@-]12OC(CC)=[NH+][C@H]1Cc1cccc(C(=O)OCOC(=O)C(CC)CC)c1O2. The number of hydrogen-bond acceptors (Lipinski definition) is 7. The lowest BCUT2D eigenvalue weighted by Crippen LogP contribution is -2.84. The minimum Gasteiger partial charge on any atom is -0.655 e. The molecular weight excluding hydrogens is 389 g/mol. The fraction of sp³-hybridized carbons (Fsp3) is 0.571. The first-order valence-corrected chi connectivity index (χ1v) is 10.7. The van der Waals surface area contributed by atoms with Crippen LogP contribution in [0.2, 0.25) is 0 Å². The van der Waals surface area contributed by atoms with Crippen LogP contribution in [0.4, 0.5) is 0 Å². The molecule has 164 valence electrons. The summed E-state index contributed by atoms with van der Waals surface area (Å²) in [5, 5.41) is 0. The normalized spacial score (nSPS) is 21.8. The fourth-order valence-corrected chi connectivity index (χ4v) is 3.93. The van der Waals surface area contributed by atoms with Crippen LogP contribution in [0.3, 0.4) is 0 Å². The minimum atomic E-state index is -2.11. The second kappa shape index (κ2) is 9.51. The molecule has 0 saturated heterocycles. The average molecular weight is 419 g/mol. The molecule has 0 radical (unpaired) electrons. The Kier molecular flexibility index (Phi) is 7.02. The van der Waals surface area contributed by atoms with Crippen LogP contribution in [0.15, 0.2) is 18.2 Å². The monoisotopic (exact) mass is 419 g/mol. The van der Waals surface area contributed by atoms with Crippen molar-refractivity contribution in [2.75, 3.05) is 13.4 Å². The van der Waals surface area contributed by atoms with E-state index in [1.165, 1.54) is 0 Å². The molecule has 30 heavy (non-hydrogen) atoms. The van der Waals surface area contributed by atoms with E-state index in [4.69, 9.17) is 23.4 Å². The molecule has 1 aromatic rings. The van der Waals surface area contributed by atoms with Gasteiger partial charge in [-0.2, -0.15) is 0 Å². The van der Waals surface area contributed by atoms with Gasteiger partial charge in [-0.3, -0.25) is 4.79 Å². The van der Waals surface area contributed by atoms with Crippen molar-refractivity contribution in [3.8, 4) is 5.75 Å². The third-order valence-corrected chi connectivity index (χ3v) is 5.61. The van der Waals surface area contributed by atoms with Crippen molar-refractivity contribution in [2.45, 2.75) is 59.3 Å². The summed E-state index contributed by atoms with van der Waals surface area (Å²) in [6.45, 7) is 5.54. The van der Waals surface area contributed by atoms with Gasteiger partial charge in [-0.05, 0) is 31.4 Å². The predicted molar refractivity (Wildman–Crippen MR) is 110 cm³/mol. The summed E-state index contributed by atoms with van der Waals surface area (Å²) in [6.07, 6.45) is 2.63. The Bertz CT molecular complexity index is 824. The first-order valence-electron chi connectivity index (χ1n) is 10.7. The van der Waals surface area contributed by atoms with Gasteiger partial charge in [-0.1, -0.05) is 32.9 Å². The highest BCUT2D eigenvalue weighted by atomic mass is 16.8. The number of carbonyl (C=O) groups excluding carboxylic acids is 2. The standard InChI is InChI=1S/C21H29BNO7/c1-5-14(6-2)20(24)26-13-27-21(25)16-11-9-10-15-12-17-22(28-8-4,30-19(15)16)29-18(7-3)23-17/h9-11,14,17H,5-8,12-13H2,1-4H3/q-1/p+1/t17-,22-/m0/s1. The van der Waals surface area contributed by atoms with Crippen molar-refractivity contribution < 1.29 is 38.0 Å². The molecule has 2 aliphatic heterocycles. The Morgan fingerprint density at radius 3 is 2.60 bits per heavy atom. The molecule has 1 aromatic carbocycles. The minimum absolute atomic E-state index is 0.167. The van der Waals surface area contributed by atoms with Crippen LogP contribution in [0.1, 0.15) is 62.9 Å². The van der Waals surface area contributed by atoms with E-state index in [9.17, 15) is 9.59 Å². The number of hydrogen-bond donors (Lipinski definition) is 1. The number of benzene rings is 1. The van der Waals surface area contributed by atoms with Crippen molar-refractivity contribution in [3.63, 3.8) is 0 Å². The van der Waals surface area contributed by atoms with Gasteiger partial charge >= 0.3 is 18.7 Å². The van der Waals surface area contributed by atoms with Crippen molar-refractivity contribution in [1.29, 1.82) is 0 Å². The highest BCUT2D eigenvalue weighted by Gasteiger charge is 2.56. The molecule has 1 N–H and O–H groups in total. The number of carbonyl (C=O) groups is 2. The number of para-hydroxylation sites is 1. The first kappa shape index (κ1) is 22.1. The van der Waals surface area contributed by atoms with Gasteiger partial charge in [0, 0.05) is 13.0 Å². The smallest absolute Gasteiger partial charge is 0.562 e. The molecule has 0 fully saturated rings. The molecule has 0 spiro atoms. The molecule has 9 heteroatoms. The Hall–Kier alpha value is -2.55.